The SMILES string of the molecule is [3H]OC(C(Cc1ccccc1)C(=O)N1C(=O)O[C@H](C)[C@@H]1c1ccccc1)C1CCCN1C(=O)OC(C)(C)C. The van der Waals surface area contributed by atoms with Gasteiger partial charge in [0.05, 0.1) is 18.1 Å². The highest BCUT2D eigenvalue weighted by atomic mass is 16.6. The number of cyclic esters (lactones) is 1. The van der Waals surface area contributed by atoms with Crippen molar-refractivity contribution in [3.8, 4) is 0 Å². The van der Waals surface area contributed by atoms with Gasteiger partial charge in [-0.15, -0.1) is 0 Å². The molecule has 2 fully saturated rings. The van der Waals surface area contributed by atoms with E-state index in [0.717, 1.165) is 16.0 Å². The van der Waals surface area contributed by atoms with Crippen LogP contribution in [0.15, 0.2) is 60.7 Å². The highest BCUT2D eigenvalue weighted by Gasteiger charge is 2.49. The number of carbonyl (C=O) groups is 3. The minimum absolute atomic E-state index is 0.224. The average Bonchev–Trinajstić information content (AvgIpc) is 3.47. The smallest absolute Gasteiger partial charge is 0.417 e. The Hall–Kier alpha value is -3.39. The van der Waals surface area contributed by atoms with Crippen molar-refractivity contribution in [3.05, 3.63) is 71.8 Å². The quantitative estimate of drug-likeness (QED) is 0.579. The van der Waals surface area contributed by atoms with E-state index < -0.39 is 53.9 Å². The first kappa shape index (κ1) is 25.3. The topological polar surface area (TPSA) is 96.4 Å². The molecule has 8 heteroatoms. The molecule has 8 nitrogen and oxygen atoms in total. The number of ether oxygens (including phenoxy) is 2. The van der Waals surface area contributed by atoms with Crippen LogP contribution in [0.2, 0.25) is 0 Å². The standard InChI is InChI=1S/C29H36N2O6/c1-19-24(21-14-9-6-10-15-21)31(28(35)36-19)26(33)22(18-20-12-7-5-8-13-20)25(32)23-16-11-17-30(23)27(34)37-29(2,3)4/h5-10,12-15,19,22-25,32H,11,16-18H2,1-4H3/t19-,22?,23?,24-,25?/m1/s1/i32T. The van der Waals surface area contributed by atoms with Crippen LogP contribution in [0.4, 0.5) is 9.59 Å². The van der Waals surface area contributed by atoms with Gasteiger partial charge in [-0.3, -0.25) is 4.79 Å². The van der Waals surface area contributed by atoms with Crippen LogP contribution in [-0.4, -0.2) is 64.8 Å². The van der Waals surface area contributed by atoms with Gasteiger partial charge in [0.2, 0.25) is 7.34 Å². The number of carbonyl (C=O) groups excluding carboxylic acids is 3. The van der Waals surface area contributed by atoms with Gasteiger partial charge in [-0.2, -0.15) is 0 Å². The molecule has 37 heavy (non-hydrogen) atoms. The fourth-order valence-electron chi connectivity index (χ4n) is 5.24. The summed E-state index contributed by atoms with van der Waals surface area (Å²) < 4.78 is 19.2. The van der Waals surface area contributed by atoms with E-state index in [0.29, 0.717) is 19.4 Å². The first-order chi connectivity index (χ1) is 18.1. The Morgan fingerprint density at radius 1 is 1.14 bits per heavy atom. The normalized spacial score (nSPS) is 23.8. The molecule has 2 heterocycles. The molecule has 3 unspecified atom stereocenters. The van der Waals surface area contributed by atoms with Crippen molar-refractivity contribution in [2.24, 2.45) is 5.92 Å². The molecular formula is C29H36N2O6. The molecule has 0 aromatic heterocycles. The van der Waals surface area contributed by atoms with Gasteiger partial charge >= 0.3 is 12.2 Å². The Labute approximate surface area is 219 Å². The summed E-state index contributed by atoms with van der Waals surface area (Å²) in [6.07, 6.45) is -1.32. The Morgan fingerprint density at radius 3 is 2.41 bits per heavy atom. The maximum atomic E-state index is 14.3. The molecule has 1 N–H and O–H groups in total. The molecular weight excluding hydrogens is 472 g/mol. The van der Waals surface area contributed by atoms with Crippen LogP contribution >= 0.6 is 0 Å². The Balaban J connectivity index is 1.70. The summed E-state index contributed by atoms with van der Waals surface area (Å²) in [5.41, 5.74) is 0.933. The number of hydrogen-bond donors (Lipinski definition) is 1. The maximum absolute atomic E-state index is 14.3. The summed E-state index contributed by atoms with van der Waals surface area (Å²) in [6, 6.07) is 17.5. The molecule has 0 aliphatic carbocycles. The van der Waals surface area contributed by atoms with Gasteiger partial charge in [0, 0.05) is 6.54 Å². The van der Waals surface area contributed by atoms with Gasteiger partial charge in [0.1, 0.15) is 17.7 Å². The number of imide groups is 1. The van der Waals surface area contributed by atoms with Gasteiger partial charge in [0.15, 0.2) is 0 Å². The zero-order valence-electron chi connectivity index (χ0n) is 22.8. The minimum atomic E-state index is -0.988. The molecule has 2 aliphatic heterocycles. The number of aliphatic hydroxyl groups is 1. The van der Waals surface area contributed by atoms with Crippen molar-refractivity contribution in [1.82, 2.24) is 9.80 Å². The predicted molar refractivity (Wildman–Crippen MR) is 138 cm³/mol. The van der Waals surface area contributed by atoms with Gasteiger partial charge in [-0.1, -0.05) is 60.7 Å². The lowest BCUT2D eigenvalue weighted by Gasteiger charge is -2.35. The van der Waals surface area contributed by atoms with Crippen LogP contribution in [0.5, 0.6) is 0 Å². The van der Waals surface area contributed by atoms with Gasteiger partial charge in [-0.05, 0) is 58.1 Å². The fourth-order valence-corrected chi connectivity index (χ4v) is 5.24. The van der Waals surface area contributed by atoms with Crippen LogP contribution in [0, 0.1) is 5.92 Å². The molecule has 3 amide bonds. The van der Waals surface area contributed by atoms with E-state index in [-0.39, 0.29) is 6.42 Å². The first-order valence-electron chi connectivity index (χ1n) is 13.3. The van der Waals surface area contributed by atoms with Crippen LogP contribution in [0.1, 0.15) is 57.7 Å². The van der Waals surface area contributed by atoms with E-state index in [9.17, 15) is 14.4 Å². The molecule has 4 rings (SSSR count). The highest BCUT2D eigenvalue weighted by molar-refractivity contribution is 5.95. The molecule has 0 saturated carbocycles. The number of hydrogen-bond acceptors (Lipinski definition) is 6. The number of aliphatic hydroxyl groups excluding tert-OH is 1. The van der Waals surface area contributed by atoms with E-state index >= 15 is 0 Å². The van der Waals surface area contributed by atoms with Crippen molar-refractivity contribution in [1.29, 1.82) is 1.43 Å². The summed E-state index contributed by atoms with van der Waals surface area (Å²) in [7, 11) is 0. The van der Waals surface area contributed by atoms with Crippen LogP contribution in [0.3, 0.4) is 0 Å². The van der Waals surface area contributed by atoms with E-state index in [2.05, 4.69) is 0 Å². The second kappa shape index (κ2) is 10.9. The van der Waals surface area contributed by atoms with Crippen molar-refractivity contribution in [3.63, 3.8) is 0 Å². The Bertz CT molecular complexity index is 1120. The number of benzene rings is 2. The Morgan fingerprint density at radius 2 is 1.78 bits per heavy atom. The molecule has 2 aromatic rings. The molecule has 0 radical (unpaired) electrons. The zero-order valence-corrected chi connectivity index (χ0v) is 21.8. The predicted octanol–water partition coefficient (Wildman–Crippen LogP) is 4.71. The average molecular weight is 511 g/mol. The molecule has 2 aliphatic rings. The lowest BCUT2D eigenvalue weighted by molar-refractivity contribution is -0.139. The molecule has 5 atom stereocenters. The number of rotatable bonds is 7. The maximum Gasteiger partial charge on any atom is 0.417 e. The third kappa shape index (κ3) is 5.96. The minimum Gasteiger partial charge on any atom is -0.444 e. The molecule has 0 bridgehead atoms. The summed E-state index contributed by atoms with van der Waals surface area (Å²) in [4.78, 5) is 43.1. The van der Waals surface area contributed by atoms with Crippen LogP contribution in [-0.2, 0) is 20.7 Å². The van der Waals surface area contributed by atoms with Crippen molar-refractivity contribution in [2.75, 3.05) is 6.54 Å². The van der Waals surface area contributed by atoms with Crippen molar-refractivity contribution < 1.29 is 29.0 Å². The highest BCUT2D eigenvalue weighted by Crippen LogP contribution is 2.37. The summed E-state index contributed by atoms with van der Waals surface area (Å²) >= 11 is 0. The third-order valence-electron chi connectivity index (χ3n) is 6.90. The second-order valence-corrected chi connectivity index (χ2v) is 10.8. The second-order valence-electron chi connectivity index (χ2n) is 10.8. The van der Waals surface area contributed by atoms with Gasteiger partial charge < -0.3 is 19.5 Å². The molecule has 2 saturated heterocycles. The van der Waals surface area contributed by atoms with Crippen LogP contribution in [0.25, 0.3) is 0 Å². The number of amides is 3. The molecule has 2 aromatic carbocycles. The summed E-state index contributed by atoms with van der Waals surface area (Å²) in [6.45, 7) is 7.57. The van der Waals surface area contributed by atoms with Crippen LogP contribution < -0.4 is 0 Å². The Kier molecular flexibility index (Phi) is 7.46. The first-order valence-corrected chi connectivity index (χ1v) is 12.8. The van der Waals surface area contributed by atoms with E-state index in [4.69, 9.17) is 16.0 Å². The fraction of sp³-hybridized carbons (Fsp3) is 0.483. The molecule has 0 spiro atoms. The number of nitrogens with zero attached hydrogens (tertiary/aromatic N) is 2. The zero-order chi connectivity index (χ0) is 27.4. The van der Waals surface area contributed by atoms with Gasteiger partial charge in [-0.25, -0.2) is 14.5 Å². The monoisotopic (exact) mass is 510 g/mol. The molecule has 198 valence electrons. The van der Waals surface area contributed by atoms with E-state index in [1.165, 1.54) is 0 Å². The third-order valence-corrected chi connectivity index (χ3v) is 6.90. The van der Waals surface area contributed by atoms with Crippen molar-refractivity contribution >= 4 is 18.1 Å². The van der Waals surface area contributed by atoms with Gasteiger partial charge in [0.25, 0.3) is 0 Å². The lowest BCUT2D eigenvalue weighted by atomic mass is 9.87. The summed E-state index contributed by atoms with van der Waals surface area (Å²) in [5.74, 6) is -1.42. The lowest BCUT2D eigenvalue weighted by Crippen LogP contribution is -2.52. The van der Waals surface area contributed by atoms with E-state index in [1.807, 2.05) is 60.7 Å². The van der Waals surface area contributed by atoms with Crippen molar-refractivity contribution in [2.45, 2.75) is 76.9 Å². The van der Waals surface area contributed by atoms with E-state index in [1.54, 1.807) is 32.6 Å². The number of likely N-dealkylation sites (tertiary alicyclic amines) is 1. The largest absolute Gasteiger partial charge is 0.444 e. The summed E-state index contributed by atoms with van der Waals surface area (Å²) in [5, 5.41) is 5.26.